The summed E-state index contributed by atoms with van der Waals surface area (Å²) in [6, 6.07) is -0.166. The van der Waals surface area contributed by atoms with Gasteiger partial charge in [0.25, 0.3) is 0 Å². The van der Waals surface area contributed by atoms with Crippen molar-refractivity contribution in [2.75, 3.05) is 14.2 Å². The second-order valence-electron chi connectivity index (χ2n) is 3.77. The van der Waals surface area contributed by atoms with Gasteiger partial charge >= 0.3 is 12.2 Å². The van der Waals surface area contributed by atoms with Crippen LogP contribution in [0, 0.1) is 0 Å². The second-order valence-corrected chi connectivity index (χ2v) is 3.77. The first-order valence-electron chi connectivity index (χ1n) is 5.36. The van der Waals surface area contributed by atoms with E-state index in [0.717, 1.165) is 25.7 Å². The fourth-order valence-electron chi connectivity index (χ4n) is 1.90. The van der Waals surface area contributed by atoms with Crippen LogP contribution >= 0.6 is 0 Å². The Bertz CT molecular complexity index is 231. The highest BCUT2D eigenvalue weighted by Gasteiger charge is 2.28. The maximum atomic E-state index is 11.1. The van der Waals surface area contributed by atoms with Gasteiger partial charge in [-0.05, 0) is 12.8 Å². The third-order valence-corrected chi connectivity index (χ3v) is 2.74. The molecule has 0 aromatic carbocycles. The van der Waals surface area contributed by atoms with Gasteiger partial charge in [0.15, 0.2) is 0 Å². The van der Waals surface area contributed by atoms with Crippen molar-refractivity contribution in [2.45, 2.75) is 37.8 Å². The summed E-state index contributed by atoms with van der Waals surface area (Å²) in [7, 11) is 2.64. The molecule has 16 heavy (non-hydrogen) atoms. The zero-order valence-corrected chi connectivity index (χ0v) is 9.62. The third-order valence-electron chi connectivity index (χ3n) is 2.74. The zero-order valence-electron chi connectivity index (χ0n) is 9.62. The minimum absolute atomic E-state index is 0.0831. The van der Waals surface area contributed by atoms with Crippen LogP contribution < -0.4 is 10.6 Å². The summed E-state index contributed by atoms with van der Waals surface area (Å²) >= 11 is 0. The Morgan fingerprint density at radius 3 is 1.62 bits per heavy atom. The summed E-state index contributed by atoms with van der Waals surface area (Å²) in [6.45, 7) is 0. The molecule has 0 aromatic heterocycles. The number of methoxy groups -OCH3 is 2. The Hall–Kier alpha value is -1.46. The number of hydrogen-bond donors (Lipinski definition) is 2. The summed E-state index contributed by atoms with van der Waals surface area (Å²) in [5.74, 6) is 0. The van der Waals surface area contributed by atoms with Gasteiger partial charge in [-0.3, -0.25) is 0 Å². The predicted molar refractivity (Wildman–Crippen MR) is 57.1 cm³/mol. The number of rotatable bonds is 2. The SMILES string of the molecule is COC(=O)N[C@H]1CCCC[C@H]1NC(=O)OC. The Kier molecular flexibility index (Phi) is 4.88. The maximum absolute atomic E-state index is 11.1. The molecule has 0 aliphatic heterocycles. The molecule has 1 saturated carbocycles. The normalized spacial score (nSPS) is 24.4. The Labute approximate surface area is 94.7 Å². The van der Waals surface area contributed by atoms with Crippen molar-refractivity contribution < 1.29 is 19.1 Å². The molecule has 1 aliphatic carbocycles. The molecule has 6 nitrogen and oxygen atoms in total. The number of carbonyl (C=O) groups is 2. The molecule has 0 bridgehead atoms. The van der Waals surface area contributed by atoms with Crippen LogP contribution in [-0.4, -0.2) is 38.5 Å². The summed E-state index contributed by atoms with van der Waals surface area (Å²) in [5.41, 5.74) is 0. The average molecular weight is 230 g/mol. The Balaban J connectivity index is 2.49. The van der Waals surface area contributed by atoms with E-state index in [1.165, 1.54) is 14.2 Å². The van der Waals surface area contributed by atoms with Crippen molar-refractivity contribution in [2.24, 2.45) is 0 Å². The smallest absolute Gasteiger partial charge is 0.407 e. The highest BCUT2D eigenvalue weighted by molar-refractivity contribution is 5.69. The van der Waals surface area contributed by atoms with Crippen LogP contribution in [0.4, 0.5) is 9.59 Å². The van der Waals surface area contributed by atoms with Crippen molar-refractivity contribution in [3.05, 3.63) is 0 Å². The van der Waals surface area contributed by atoms with Crippen molar-refractivity contribution in [3.8, 4) is 0 Å². The number of amides is 2. The standard InChI is InChI=1S/C10H18N2O4/c1-15-9(13)11-7-5-3-4-6-8(7)12-10(14)16-2/h7-8H,3-6H2,1-2H3,(H,11,13)(H,12,14)/t7-,8+. The van der Waals surface area contributed by atoms with Crippen LogP contribution in [0.1, 0.15) is 25.7 Å². The van der Waals surface area contributed by atoms with Gasteiger partial charge in [0.1, 0.15) is 0 Å². The van der Waals surface area contributed by atoms with Gasteiger partial charge < -0.3 is 20.1 Å². The first-order valence-corrected chi connectivity index (χ1v) is 5.36. The van der Waals surface area contributed by atoms with Crippen LogP contribution in [-0.2, 0) is 9.47 Å². The molecule has 92 valence electrons. The van der Waals surface area contributed by atoms with Gasteiger partial charge in [-0.25, -0.2) is 9.59 Å². The molecule has 1 aliphatic rings. The van der Waals surface area contributed by atoms with E-state index in [0.29, 0.717) is 0 Å². The topological polar surface area (TPSA) is 76.7 Å². The van der Waals surface area contributed by atoms with E-state index in [9.17, 15) is 9.59 Å². The van der Waals surface area contributed by atoms with E-state index in [-0.39, 0.29) is 12.1 Å². The zero-order chi connectivity index (χ0) is 12.0. The van der Waals surface area contributed by atoms with Gasteiger partial charge in [0, 0.05) is 0 Å². The largest absolute Gasteiger partial charge is 0.453 e. The van der Waals surface area contributed by atoms with Crippen LogP contribution in [0.3, 0.4) is 0 Å². The van der Waals surface area contributed by atoms with E-state index in [2.05, 4.69) is 20.1 Å². The van der Waals surface area contributed by atoms with Crippen molar-refractivity contribution >= 4 is 12.2 Å². The van der Waals surface area contributed by atoms with Crippen LogP contribution in [0.2, 0.25) is 0 Å². The van der Waals surface area contributed by atoms with Gasteiger partial charge in [0.2, 0.25) is 0 Å². The van der Waals surface area contributed by atoms with Gasteiger partial charge in [0.05, 0.1) is 26.3 Å². The summed E-state index contributed by atoms with van der Waals surface area (Å²) in [4.78, 5) is 22.2. The van der Waals surface area contributed by atoms with Crippen LogP contribution in [0.25, 0.3) is 0 Å². The minimum atomic E-state index is -0.469. The molecule has 0 unspecified atom stereocenters. The second kappa shape index (κ2) is 6.19. The monoisotopic (exact) mass is 230 g/mol. The predicted octanol–water partition coefficient (Wildman–Crippen LogP) is 1.01. The highest BCUT2D eigenvalue weighted by Crippen LogP contribution is 2.18. The number of carbonyl (C=O) groups excluding carboxylic acids is 2. The fourth-order valence-corrected chi connectivity index (χ4v) is 1.90. The first-order chi connectivity index (χ1) is 7.67. The van der Waals surface area contributed by atoms with Gasteiger partial charge in [-0.15, -0.1) is 0 Å². The molecule has 2 N–H and O–H groups in total. The summed E-state index contributed by atoms with van der Waals surface area (Å²) in [6.07, 6.45) is 2.81. The molecular weight excluding hydrogens is 212 g/mol. The molecule has 6 heteroatoms. The molecule has 1 fully saturated rings. The Morgan fingerprint density at radius 2 is 1.31 bits per heavy atom. The molecule has 0 radical (unpaired) electrons. The number of alkyl carbamates (subject to hydrolysis) is 2. The van der Waals surface area contributed by atoms with E-state index < -0.39 is 12.2 Å². The quantitative estimate of drug-likeness (QED) is 0.742. The highest BCUT2D eigenvalue weighted by atomic mass is 16.5. The summed E-state index contributed by atoms with van der Waals surface area (Å²) < 4.78 is 9.08. The Morgan fingerprint density at radius 1 is 0.938 bits per heavy atom. The molecule has 2 atom stereocenters. The summed E-state index contributed by atoms with van der Waals surface area (Å²) in [5, 5.41) is 5.43. The molecule has 0 spiro atoms. The van der Waals surface area contributed by atoms with E-state index in [4.69, 9.17) is 0 Å². The molecule has 0 saturated heterocycles. The van der Waals surface area contributed by atoms with Crippen LogP contribution in [0.5, 0.6) is 0 Å². The lowest BCUT2D eigenvalue weighted by molar-refractivity contribution is 0.146. The van der Waals surface area contributed by atoms with Crippen LogP contribution in [0.15, 0.2) is 0 Å². The van der Waals surface area contributed by atoms with Gasteiger partial charge in [-0.1, -0.05) is 12.8 Å². The maximum Gasteiger partial charge on any atom is 0.407 e. The fraction of sp³-hybridized carbons (Fsp3) is 0.800. The van der Waals surface area contributed by atoms with Gasteiger partial charge in [-0.2, -0.15) is 0 Å². The molecule has 0 aromatic rings. The molecule has 2 amide bonds. The third kappa shape index (κ3) is 3.60. The molecule has 0 heterocycles. The first kappa shape index (κ1) is 12.6. The number of nitrogens with one attached hydrogen (secondary N) is 2. The number of ether oxygens (including phenoxy) is 2. The lowest BCUT2D eigenvalue weighted by Gasteiger charge is -2.31. The minimum Gasteiger partial charge on any atom is -0.453 e. The van der Waals surface area contributed by atoms with Crippen molar-refractivity contribution in [1.82, 2.24) is 10.6 Å². The number of hydrogen-bond acceptors (Lipinski definition) is 4. The lowest BCUT2D eigenvalue weighted by atomic mass is 9.90. The van der Waals surface area contributed by atoms with E-state index >= 15 is 0 Å². The molecular formula is C10H18N2O4. The van der Waals surface area contributed by atoms with E-state index in [1.807, 2.05) is 0 Å². The van der Waals surface area contributed by atoms with E-state index in [1.54, 1.807) is 0 Å². The molecule has 1 rings (SSSR count). The average Bonchev–Trinajstić information content (AvgIpc) is 2.31. The van der Waals surface area contributed by atoms with Crippen molar-refractivity contribution in [1.29, 1.82) is 0 Å². The van der Waals surface area contributed by atoms with Crippen molar-refractivity contribution in [3.63, 3.8) is 0 Å². The lowest BCUT2D eigenvalue weighted by Crippen LogP contribution is -2.53.